The summed E-state index contributed by atoms with van der Waals surface area (Å²) in [6, 6.07) is 18.8. The van der Waals surface area contributed by atoms with Gasteiger partial charge in [0.1, 0.15) is 9.96 Å². The molecule has 0 bridgehead atoms. The number of nitrogens with one attached hydrogen (secondary N) is 1. The van der Waals surface area contributed by atoms with Gasteiger partial charge in [-0.2, -0.15) is 9.57 Å². The van der Waals surface area contributed by atoms with Gasteiger partial charge in [-0.3, -0.25) is 0 Å². The van der Waals surface area contributed by atoms with Crippen LogP contribution in [0.25, 0.3) is 0 Å². The molecule has 3 heterocycles. The van der Waals surface area contributed by atoms with Crippen molar-refractivity contribution in [3.05, 3.63) is 94.9 Å². The third kappa shape index (κ3) is 4.86. The predicted octanol–water partition coefficient (Wildman–Crippen LogP) is 4.17. The summed E-state index contributed by atoms with van der Waals surface area (Å²) in [5.41, 5.74) is 4.16. The SMILES string of the molecule is COc1csc(S(=O)(=O)N2Cc3cc(C#N)ccc3N(Cc3cnc[nH]3)CC2Cc2ccccc2)c1. The Morgan fingerprint density at radius 3 is 2.75 bits per heavy atom. The van der Waals surface area contributed by atoms with Crippen LogP contribution in [0.15, 0.2) is 76.7 Å². The highest BCUT2D eigenvalue weighted by atomic mass is 32.2. The summed E-state index contributed by atoms with van der Waals surface area (Å²) in [5, 5.41) is 11.2. The van der Waals surface area contributed by atoms with E-state index in [1.807, 2.05) is 36.4 Å². The average Bonchev–Trinajstić information content (AvgIpc) is 3.57. The van der Waals surface area contributed by atoms with E-state index < -0.39 is 10.0 Å². The van der Waals surface area contributed by atoms with E-state index in [1.54, 1.807) is 40.4 Å². The summed E-state index contributed by atoms with van der Waals surface area (Å²) in [4.78, 5) is 9.46. The van der Waals surface area contributed by atoms with Gasteiger partial charge in [0.25, 0.3) is 10.0 Å². The Kier molecular flexibility index (Phi) is 6.78. The average molecular weight is 520 g/mol. The molecule has 2 aromatic heterocycles. The first-order valence-electron chi connectivity index (χ1n) is 11.4. The zero-order valence-electron chi connectivity index (χ0n) is 19.7. The third-order valence-electron chi connectivity index (χ3n) is 6.29. The van der Waals surface area contributed by atoms with Gasteiger partial charge < -0.3 is 14.6 Å². The number of thiophene rings is 1. The number of aromatic nitrogens is 2. The summed E-state index contributed by atoms with van der Waals surface area (Å²) in [7, 11) is -2.33. The van der Waals surface area contributed by atoms with Gasteiger partial charge in [-0.1, -0.05) is 30.3 Å². The van der Waals surface area contributed by atoms with Crippen LogP contribution >= 0.6 is 11.3 Å². The van der Waals surface area contributed by atoms with Crippen molar-refractivity contribution in [2.75, 3.05) is 18.6 Å². The lowest BCUT2D eigenvalue weighted by atomic mass is 10.1. The highest BCUT2D eigenvalue weighted by molar-refractivity contribution is 7.91. The number of sulfonamides is 1. The molecule has 0 aliphatic carbocycles. The van der Waals surface area contributed by atoms with E-state index >= 15 is 0 Å². The molecule has 5 rings (SSSR count). The molecule has 1 aliphatic heterocycles. The monoisotopic (exact) mass is 519 g/mol. The third-order valence-corrected chi connectivity index (χ3v) is 9.59. The summed E-state index contributed by atoms with van der Waals surface area (Å²) in [5.74, 6) is 0.515. The molecule has 4 aromatic rings. The van der Waals surface area contributed by atoms with Gasteiger partial charge in [0.05, 0.1) is 37.3 Å². The number of rotatable bonds is 7. The van der Waals surface area contributed by atoms with E-state index in [9.17, 15) is 13.7 Å². The second-order valence-electron chi connectivity index (χ2n) is 8.61. The molecule has 0 spiro atoms. The molecule has 1 atom stereocenters. The topological polar surface area (TPSA) is 102 Å². The fourth-order valence-corrected chi connectivity index (χ4v) is 7.39. The first-order valence-corrected chi connectivity index (χ1v) is 13.7. The fourth-order valence-electron chi connectivity index (χ4n) is 4.55. The summed E-state index contributed by atoms with van der Waals surface area (Å²) in [6.07, 6.45) is 3.95. The number of nitrogens with zero attached hydrogens (tertiary/aromatic N) is 4. The molecule has 10 heteroatoms. The highest BCUT2D eigenvalue weighted by Crippen LogP contribution is 2.36. The molecule has 184 valence electrons. The van der Waals surface area contributed by atoms with Crippen LogP contribution in [-0.4, -0.2) is 42.4 Å². The number of aromatic amines is 1. The maximum atomic E-state index is 14.0. The van der Waals surface area contributed by atoms with E-state index in [1.165, 1.54) is 7.11 Å². The van der Waals surface area contributed by atoms with Crippen LogP contribution in [0, 0.1) is 11.3 Å². The summed E-state index contributed by atoms with van der Waals surface area (Å²) < 4.78 is 35.2. The van der Waals surface area contributed by atoms with Crippen LogP contribution < -0.4 is 9.64 Å². The van der Waals surface area contributed by atoms with Crippen molar-refractivity contribution in [3.8, 4) is 11.8 Å². The number of anilines is 1. The van der Waals surface area contributed by atoms with Crippen molar-refractivity contribution >= 4 is 27.0 Å². The molecular weight excluding hydrogens is 494 g/mol. The zero-order valence-corrected chi connectivity index (χ0v) is 21.3. The Balaban J connectivity index is 1.62. The van der Waals surface area contributed by atoms with E-state index in [-0.39, 0.29) is 16.8 Å². The fraction of sp³-hybridized carbons (Fsp3) is 0.231. The van der Waals surface area contributed by atoms with Crippen LogP contribution in [0.5, 0.6) is 5.75 Å². The lowest BCUT2D eigenvalue weighted by Gasteiger charge is -2.31. The number of nitriles is 1. The number of methoxy groups -OCH3 is 1. The summed E-state index contributed by atoms with van der Waals surface area (Å²) >= 11 is 1.15. The Hall–Kier alpha value is -3.65. The molecule has 1 unspecified atom stereocenters. The molecule has 0 fully saturated rings. The minimum atomic E-state index is -3.85. The zero-order chi connectivity index (χ0) is 25.1. The molecule has 2 aromatic carbocycles. The van der Waals surface area contributed by atoms with Crippen molar-refractivity contribution < 1.29 is 13.2 Å². The van der Waals surface area contributed by atoms with Crippen LogP contribution in [0.2, 0.25) is 0 Å². The Bertz CT molecular complexity index is 1480. The first-order chi connectivity index (χ1) is 17.5. The molecule has 36 heavy (non-hydrogen) atoms. The van der Waals surface area contributed by atoms with E-state index in [0.29, 0.717) is 30.8 Å². The van der Waals surface area contributed by atoms with Crippen LogP contribution in [0.3, 0.4) is 0 Å². The standard InChI is InChI=1S/C26H25N5O3S2/c1-34-24-11-26(35-17-24)36(32,33)31-14-21-9-20(12-27)7-8-25(21)30(15-22-13-28-18-29-22)16-23(31)10-19-5-3-2-4-6-19/h2-9,11,13,17-18,23H,10,14-16H2,1H3,(H,28,29). The van der Waals surface area contributed by atoms with Crippen molar-refractivity contribution in [2.24, 2.45) is 0 Å². The molecule has 1 N–H and O–H groups in total. The molecule has 0 radical (unpaired) electrons. The number of hydrogen-bond acceptors (Lipinski definition) is 7. The molecule has 1 aliphatic rings. The number of fused-ring (bicyclic) bond motifs is 1. The van der Waals surface area contributed by atoms with E-state index in [0.717, 1.165) is 33.8 Å². The van der Waals surface area contributed by atoms with Crippen LogP contribution in [0.4, 0.5) is 5.69 Å². The predicted molar refractivity (Wildman–Crippen MR) is 138 cm³/mol. The maximum Gasteiger partial charge on any atom is 0.253 e. The second-order valence-corrected chi connectivity index (χ2v) is 11.6. The summed E-state index contributed by atoms with van der Waals surface area (Å²) in [6.45, 7) is 1.16. The van der Waals surface area contributed by atoms with Crippen LogP contribution in [0.1, 0.15) is 22.4 Å². The Morgan fingerprint density at radius 1 is 1.22 bits per heavy atom. The van der Waals surface area contributed by atoms with Crippen molar-refractivity contribution in [1.29, 1.82) is 5.26 Å². The number of imidazole rings is 1. The van der Waals surface area contributed by atoms with Gasteiger partial charge in [0.2, 0.25) is 0 Å². The quantitative estimate of drug-likeness (QED) is 0.393. The minimum Gasteiger partial charge on any atom is -0.496 e. The molecule has 0 saturated carbocycles. The molecule has 0 saturated heterocycles. The Morgan fingerprint density at radius 2 is 2.06 bits per heavy atom. The lowest BCUT2D eigenvalue weighted by molar-refractivity contribution is 0.318. The van der Waals surface area contributed by atoms with Gasteiger partial charge in [-0.05, 0) is 35.7 Å². The molecule has 0 amide bonds. The van der Waals surface area contributed by atoms with E-state index in [2.05, 4.69) is 20.9 Å². The normalized spacial score (nSPS) is 16.2. The van der Waals surface area contributed by atoms with Crippen molar-refractivity contribution in [3.63, 3.8) is 0 Å². The smallest absolute Gasteiger partial charge is 0.253 e. The van der Waals surface area contributed by atoms with Gasteiger partial charge in [0, 0.05) is 42.5 Å². The largest absolute Gasteiger partial charge is 0.496 e. The van der Waals surface area contributed by atoms with Gasteiger partial charge in [-0.25, -0.2) is 13.4 Å². The van der Waals surface area contributed by atoms with Gasteiger partial charge in [0.15, 0.2) is 0 Å². The van der Waals surface area contributed by atoms with Crippen LogP contribution in [-0.2, 0) is 29.5 Å². The number of ether oxygens (including phenoxy) is 1. The number of H-pyrrole nitrogens is 1. The maximum absolute atomic E-state index is 14.0. The van der Waals surface area contributed by atoms with Crippen molar-refractivity contribution in [1.82, 2.24) is 14.3 Å². The van der Waals surface area contributed by atoms with Crippen molar-refractivity contribution in [2.45, 2.75) is 29.8 Å². The molecular formula is C26H25N5O3S2. The lowest BCUT2D eigenvalue weighted by Crippen LogP contribution is -2.45. The minimum absolute atomic E-state index is 0.157. The first kappa shape index (κ1) is 24.1. The second kappa shape index (κ2) is 10.1. The molecule has 8 nitrogen and oxygen atoms in total. The number of benzene rings is 2. The Labute approximate surface area is 214 Å². The highest BCUT2D eigenvalue weighted by Gasteiger charge is 2.37. The van der Waals surface area contributed by atoms with E-state index in [4.69, 9.17) is 4.74 Å². The number of hydrogen-bond donors (Lipinski definition) is 1. The van der Waals surface area contributed by atoms with Gasteiger partial charge >= 0.3 is 0 Å². The van der Waals surface area contributed by atoms with Gasteiger partial charge in [-0.15, -0.1) is 11.3 Å².